The molecule has 2 N–H and O–H groups in total. The number of nitrogens with zero attached hydrogens (tertiary/aromatic N) is 2. The first kappa shape index (κ1) is 23.6. The smallest absolute Gasteiger partial charge is 0.256 e. The zero-order chi connectivity index (χ0) is 25.5. The van der Waals surface area contributed by atoms with E-state index in [1.807, 2.05) is 26.0 Å². The van der Waals surface area contributed by atoms with Crippen molar-refractivity contribution in [3.63, 3.8) is 0 Å². The predicted molar refractivity (Wildman–Crippen MR) is 145 cm³/mol. The third kappa shape index (κ3) is 4.25. The number of aryl methyl sites for hydroxylation is 2. The molecule has 0 unspecified atom stereocenters. The average molecular weight is 496 g/mol. The van der Waals surface area contributed by atoms with E-state index in [2.05, 4.69) is 51.4 Å². The maximum atomic E-state index is 13.2. The molecule has 6 rings (SSSR count). The van der Waals surface area contributed by atoms with E-state index in [0.29, 0.717) is 11.1 Å². The molecule has 5 aromatic rings. The predicted octanol–water partition coefficient (Wildman–Crippen LogP) is 4.94. The van der Waals surface area contributed by atoms with Crippen molar-refractivity contribution < 1.29 is 14.4 Å². The molecule has 0 saturated carbocycles. The van der Waals surface area contributed by atoms with Crippen LogP contribution in [-0.4, -0.2) is 46.5 Å². The fourth-order valence-electron chi connectivity index (χ4n) is 5.45. The molecule has 0 amide bonds. The molecular formula is C30H29N3O4. The van der Waals surface area contributed by atoms with Gasteiger partial charge in [0.15, 0.2) is 0 Å². The first-order valence-electron chi connectivity index (χ1n) is 12.6. The standard InChI is InChI=1S/C30H29N3O4/c1-18-28(19(2)37-32-18)27-15-31-30(35)29-25-13-22(7-8-24(25)23(17-34)14-26(27)29)21-5-3-20(4-6-21)16-33-9-11-36-12-10-33/h3-8,13-15,34H,9-12,16-17H2,1-2H3,(H,31,35). The van der Waals surface area contributed by atoms with E-state index in [-0.39, 0.29) is 12.2 Å². The van der Waals surface area contributed by atoms with Crippen molar-refractivity contribution in [1.82, 2.24) is 15.0 Å². The van der Waals surface area contributed by atoms with Crippen LogP contribution in [0.2, 0.25) is 0 Å². The summed E-state index contributed by atoms with van der Waals surface area (Å²) in [6.07, 6.45) is 1.71. The Hall–Kier alpha value is -3.78. The molecule has 37 heavy (non-hydrogen) atoms. The van der Waals surface area contributed by atoms with E-state index in [9.17, 15) is 9.90 Å². The number of benzene rings is 3. The van der Waals surface area contributed by atoms with E-state index in [1.165, 1.54) is 5.56 Å². The highest BCUT2D eigenvalue weighted by Crippen LogP contribution is 2.37. The van der Waals surface area contributed by atoms with Gasteiger partial charge < -0.3 is 19.4 Å². The quantitative estimate of drug-likeness (QED) is 0.336. The molecule has 7 nitrogen and oxygen atoms in total. The van der Waals surface area contributed by atoms with Crippen LogP contribution >= 0.6 is 0 Å². The van der Waals surface area contributed by atoms with Gasteiger partial charge in [-0.25, -0.2) is 0 Å². The Morgan fingerprint density at radius 2 is 1.73 bits per heavy atom. The highest BCUT2D eigenvalue weighted by molar-refractivity contribution is 6.13. The number of hydrogen-bond acceptors (Lipinski definition) is 6. The highest BCUT2D eigenvalue weighted by atomic mass is 16.5. The zero-order valence-electron chi connectivity index (χ0n) is 21.0. The monoisotopic (exact) mass is 495 g/mol. The molecule has 1 fully saturated rings. The minimum atomic E-state index is -0.169. The second kappa shape index (κ2) is 9.59. The molecule has 1 saturated heterocycles. The van der Waals surface area contributed by atoms with Crippen LogP contribution in [0, 0.1) is 13.8 Å². The van der Waals surface area contributed by atoms with E-state index in [1.54, 1.807) is 6.20 Å². The molecule has 1 aliphatic heterocycles. The molecule has 0 spiro atoms. The first-order chi connectivity index (χ1) is 18.0. The van der Waals surface area contributed by atoms with E-state index in [4.69, 9.17) is 9.26 Å². The summed E-state index contributed by atoms with van der Waals surface area (Å²) in [5.41, 5.74) is 6.41. The Kier molecular flexibility index (Phi) is 6.12. The van der Waals surface area contributed by atoms with Gasteiger partial charge in [-0.05, 0) is 64.4 Å². The Balaban J connectivity index is 1.48. The molecule has 188 valence electrons. The number of rotatable bonds is 5. The lowest BCUT2D eigenvalue weighted by molar-refractivity contribution is 0.0342. The van der Waals surface area contributed by atoms with Gasteiger partial charge in [-0.3, -0.25) is 9.69 Å². The maximum Gasteiger partial charge on any atom is 0.256 e. The van der Waals surface area contributed by atoms with Crippen molar-refractivity contribution in [3.8, 4) is 22.3 Å². The van der Waals surface area contributed by atoms with Crippen LogP contribution in [0.5, 0.6) is 0 Å². The van der Waals surface area contributed by atoms with Gasteiger partial charge in [0.05, 0.1) is 30.9 Å². The van der Waals surface area contributed by atoms with Crippen molar-refractivity contribution in [3.05, 3.63) is 87.7 Å². The summed E-state index contributed by atoms with van der Waals surface area (Å²) < 4.78 is 10.9. The van der Waals surface area contributed by atoms with Crippen LogP contribution < -0.4 is 5.56 Å². The van der Waals surface area contributed by atoms with Crippen LogP contribution in [0.15, 0.2) is 64.0 Å². The number of nitrogens with one attached hydrogen (secondary N) is 1. The largest absolute Gasteiger partial charge is 0.392 e. The van der Waals surface area contributed by atoms with Gasteiger partial charge in [0, 0.05) is 37.0 Å². The summed E-state index contributed by atoms with van der Waals surface area (Å²) in [5.74, 6) is 0.683. The molecule has 0 aliphatic carbocycles. The molecular weight excluding hydrogens is 466 g/mol. The van der Waals surface area contributed by atoms with E-state index >= 15 is 0 Å². The topological polar surface area (TPSA) is 91.6 Å². The summed E-state index contributed by atoms with van der Waals surface area (Å²) in [6, 6.07) is 16.6. The fraction of sp³-hybridized carbons (Fsp3) is 0.267. The maximum absolute atomic E-state index is 13.2. The first-order valence-corrected chi connectivity index (χ1v) is 12.6. The van der Waals surface area contributed by atoms with Gasteiger partial charge in [0.1, 0.15) is 5.76 Å². The molecule has 0 atom stereocenters. The van der Waals surface area contributed by atoms with Crippen molar-refractivity contribution in [2.24, 2.45) is 0 Å². The lowest BCUT2D eigenvalue weighted by Gasteiger charge is -2.26. The molecule has 3 aromatic carbocycles. The third-order valence-electron chi connectivity index (χ3n) is 7.36. The van der Waals surface area contributed by atoms with Crippen molar-refractivity contribution in [1.29, 1.82) is 0 Å². The second-order valence-corrected chi connectivity index (χ2v) is 9.69. The molecule has 3 heterocycles. The number of ether oxygens (including phenoxy) is 1. The lowest BCUT2D eigenvalue weighted by Crippen LogP contribution is -2.35. The summed E-state index contributed by atoms with van der Waals surface area (Å²) in [4.78, 5) is 18.5. The zero-order valence-corrected chi connectivity index (χ0v) is 21.0. The van der Waals surface area contributed by atoms with Crippen LogP contribution in [0.4, 0.5) is 0 Å². The Labute approximate surface area is 214 Å². The van der Waals surface area contributed by atoms with Crippen molar-refractivity contribution >= 4 is 21.5 Å². The number of aliphatic hydroxyl groups excluding tert-OH is 1. The number of pyridine rings is 1. The van der Waals surface area contributed by atoms with Crippen LogP contribution in [0.1, 0.15) is 22.6 Å². The van der Waals surface area contributed by atoms with Crippen LogP contribution in [-0.2, 0) is 17.9 Å². The Morgan fingerprint density at radius 1 is 0.973 bits per heavy atom. The van der Waals surface area contributed by atoms with Gasteiger partial charge in [-0.2, -0.15) is 0 Å². The van der Waals surface area contributed by atoms with E-state index < -0.39 is 0 Å². The number of aliphatic hydroxyl groups is 1. The van der Waals surface area contributed by atoms with Gasteiger partial charge in [0.25, 0.3) is 5.56 Å². The summed E-state index contributed by atoms with van der Waals surface area (Å²) in [5, 5.41) is 17.4. The fourth-order valence-corrected chi connectivity index (χ4v) is 5.45. The Morgan fingerprint density at radius 3 is 2.43 bits per heavy atom. The second-order valence-electron chi connectivity index (χ2n) is 9.69. The third-order valence-corrected chi connectivity index (χ3v) is 7.36. The number of aromatic amines is 1. The normalized spacial score (nSPS) is 14.6. The minimum Gasteiger partial charge on any atom is -0.392 e. The minimum absolute atomic E-state index is 0.129. The number of fused-ring (bicyclic) bond motifs is 3. The summed E-state index contributed by atoms with van der Waals surface area (Å²) in [7, 11) is 0. The van der Waals surface area contributed by atoms with E-state index in [0.717, 1.165) is 82.5 Å². The number of H-pyrrole nitrogens is 1. The lowest BCUT2D eigenvalue weighted by atomic mass is 9.91. The number of hydrogen-bond donors (Lipinski definition) is 2. The SMILES string of the molecule is Cc1noc(C)c1-c1c[nH]c(=O)c2c1cc(CO)c1ccc(-c3ccc(CN4CCOCC4)cc3)cc12. The molecule has 0 bridgehead atoms. The number of morpholine rings is 1. The van der Waals surface area contributed by atoms with Crippen molar-refractivity contribution in [2.45, 2.75) is 27.0 Å². The summed E-state index contributed by atoms with van der Waals surface area (Å²) >= 11 is 0. The molecule has 2 aromatic heterocycles. The van der Waals surface area contributed by atoms with Gasteiger partial charge in [-0.1, -0.05) is 41.6 Å². The van der Waals surface area contributed by atoms with Gasteiger partial charge >= 0.3 is 0 Å². The van der Waals surface area contributed by atoms with Gasteiger partial charge in [-0.15, -0.1) is 0 Å². The van der Waals surface area contributed by atoms with Crippen LogP contribution in [0.25, 0.3) is 43.8 Å². The molecule has 0 radical (unpaired) electrons. The van der Waals surface area contributed by atoms with Crippen LogP contribution in [0.3, 0.4) is 0 Å². The molecule has 7 heteroatoms. The molecule has 1 aliphatic rings. The Bertz CT molecular complexity index is 1640. The van der Waals surface area contributed by atoms with Crippen molar-refractivity contribution in [2.75, 3.05) is 26.3 Å². The van der Waals surface area contributed by atoms with Gasteiger partial charge in [0.2, 0.25) is 0 Å². The highest BCUT2D eigenvalue weighted by Gasteiger charge is 2.19. The number of aromatic nitrogens is 2. The average Bonchev–Trinajstić information content (AvgIpc) is 3.26. The summed E-state index contributed by atoms with van der Waals surface area (Å²) in [6.45, 7) is 8.01.